The summed E-state index contributed by atoms with van der Waals surface area (Å²) in [5, 5.41) is 5.80. The van der Waals surface area contributed by atoms with E-state index in [4.69, 9.17) is 11.6 Å². The van der Waals surface area contributed by atoms with Crippen LogP contribution in [-0.2, 0) is 4.79 Å². The van der Waals surface area contributed by atoms with E-state index in [0.29, 0.717) is 10.7 Å². The third-order valence-electron chi connectivity index (χ3n) is 2.43. The standard InChI is InChI=1S/C14H12ClFN2O/c15-10-6-7-12(16)13(8-10)17-9-14(19)18-11-4-2-1-3-5-11/h1-8,17H,9H2,(H,18,19). The summed E-state index contributed by atoms with van der Waals surface area (Å²) in [6.07, 6.45) is 0. The van der Waals surface area contributed by atoms with Crippen molar-refractivity contribution in [2.75, 3.05) is 17.2 Å². The zero-order valence-corrected chi connectivity index (χ0v) is 10.7. The molecule has 98 valence electrons. The van der Waals surface area contributed by atoms with Crippen LogP contribution >= 0.6 is 11.6 Å². The number of nitrogens with one attached hydrogen (secondary N) is 2. The lowest BCUT2D eigenvalue weighted by atomic mass is 10.3. The van der Waals surface area contributed by atoms with Crippen LogP contribution in [0.4, 0.5) is 15.8 Å². The van der Waals surface area contributed by atoms with E-state index in [1.165, 1.54) is 18.2 Å². The number of hydrogen-bond donors (Lipinski definition) is 2. The third kappa shape index (κ3) is 3.96. The van der Waals surface area contributed by atoms with Gasteiger partial charge in [0.05, 0.1) is 12.2 Å². The van der Waals surface area contributed by atoms with Gasteiger partial charge in [0.1, 0.15) is 5.82 Å². The minimum Gasteiger partial charge on any atom is -0.374 e. The molecule has 19 heavy (non-hydrogen) atoms. The second-order valence-corrected chi connectivity index (χ2v) is 4.33. The highest BCUT2D eigenvalue weighted by Crippen LogP contribution is 2.19. The Labute approximate surface area is 115 Å². The van der Waals surface area contributed by atoms with E-state index in [9.17, 15) is 9.18 Å². The van der Waals surface area contributed by atoms with Crippen LogP contribution < -0.4 is 10.6 Å². The first kappa shape index (κ1) is 13.4. The number of benzene rings is 2. The SMILES string of the molecule is O=C(CNc1cc(Cl)ccc1F)Nc1ccccc1. The van der Waals surface area contributed by atoms with Crippen molar-refractivity contribution in [3.63, 3.8) is 0 Å². The lowest BCUT2D eigenvalue weighted by Gasteiger charge is -2.08. The maximum atomic E-state index is 13.4. The number of carbonyl (C=O) groups is 1. The van der Waals surface area contributed by atoms with Crippen LogP contribution in [-0.4, -0.2) is 12.5 Å². The summed E-state index contributed by atoms with van der Waals surface area (Å²) < 4.78 is 13.4. The Kier molecular flexibility index (Phi) is 4.36. The van der Waals surface area contributed by atoms with Crippen molar-refractivity contribution >= 4 is 28.9 Å². The smallest absolute Gasteiger partial charge is 0.243 e. The summed E-state index contributed by atoms with van der Waals surface area (Å²) in [4.78, 5) is 11.7. The van der Waals surface area contributed by atoms with Gasteiger partial charge in [0.25, 0.3) is 0 Å². The van der Waals surface area contributed by atoms with E-state index in [1.54, 1.807) is 12.1 Å². The fourth-order valence-corrected chi connectivity index (χ4v) is 1.71. The molecule has 0 bridgehead atoms. The van der Waals surface area contributed by atoms with Crippen molar-refractivity contribution in [1.29, 1.82) is 0 Å². The van der Waals surface area contributed by atoms with Crippen molar-refractivity contribution in [2.24, 2.45) is 0 Å². The predicted octanol–water partition coefficient (Wildman–Crippen LogP) is 3.53. The van der Waals surface area contributed by atoms with Gasteiger partial charge >= 0.3 is 0 Å². The van der Waals surface area contributed by atoms with Crippen molar-refractivity contribution in [3.05, 3.63) is 59.4 Å². The van der Waals surface area contributed by atoms with Crippen molar-refractivity contribution < 1.29 is 9.18 Å². The first-order valence-electron chi connectivity index (χ1n) is 5.69. The summed E-state index contributed by atoms with van der Waals surface area (Å²) in [6.45, 7) is -0.0356. The van der Waals surface area contributed by atoms with Gasteiger partial charge in [0, 0.05) is 10.7 Å². The van der Waals surface area contributed by atoms with E-state index < -0.39 is 5.82 Å². The molecular weight excluding hydrogens is 267 g/mol. The Morgan fingerprint density at radius 2 is 1.89 bits per heavy atom. The molecule has 0 aliphatic carbocycles. The Balaban J connectivity index is 1.92. The molecule has 1 amide bonds. The zero-order valence-electron chi connectivity index (χ0n) is 9.99. The van der Waals surface area contributed by atoms with E-state index in [-0.39, 0.29) is 18.1 Å². The molecule has 0 radical (unpaired) electrons. The zero-order chi connectivity index (χ0) is 13.7. The van der Waals surface area contributed by atoms with Crippen LogP contribution in [0.3, 0.4) is 0 Å². The average Bonchev–Trinajstić information content (AvgIpc) is 2.41. The average molecular weight is 279 g/mol. The quantitative estimate of drug-likeness (QED) is 0.898. The second kappa shape index (κ2) is 6.20. The molecule has 0 saturated carbocycles. The maximum absolute atomic E-state index is 13.4. The number of amides is 1. The number of hydrogen-bond acceptors (Lipinski definition) is 2. The van der Waals surface area contributed by atoms with Crippen LogP contribution in [0.1, 0.15) is 0 Å². The summed E-state index contributed by atoms with van der Waals surface area (Å²) in [5.41, 5.74) is 0.900. The van der Waals surface area contributed by atoms with Gasteiger partial charge in [-0.2, -0.15) is 0 Å². The van der Waals surface area contributed by atoms with Crippen LogP contribution in [0, 0.1) is 5.82 Å². The molecule has 2 aromatic rings. The molecule has 0 fully saturated rings. The molecule has 0 heterocycles. The van der Waals surface area contributed by atoms with Gasteiger partial charge in [-0.15, -0.1) is 0 Å². The molecule has 0 unspecified atom stereocenters. The molecule has 0 atom stereocenters. The fourth-order valence-electron chi connectivity index (χ4n) is 1.54. The maximum Gasteiger partial charge on any atom is 0.243 e. The number of halogens is 2. The van der Waals surface area contributed by atoms with Crippen molar-refractivity contribution in [2.45, 2.75) is 0 Å². The molecule has 0 saturated heterocycles. The molecule has 0 aromatic heterocycles. The molecular formula is C14H12ClFN2O. The Hall–Kier alpha value is -2.07. The predicted molar refractivity (Wildman–Crippen MR) is 75.0 cm³/mol. The summed E-state index contributed by atoms with van der Waals surface area (Å²) in [5.74, 6) is -0.706. The third-order valence-corrected chi connectivity index (χ3v) is 2.66. The minimum absolute atomic E-state index is 0.0356. The molecule has 3 nitrogen and oxygen atoms in total. The molecule has 2 N–H and O–H groups in total. The number of carbonyl (C=O) groups excluding carboxylic acids is 1. The van der Waals surface area contributed by atoms with E-state index in [1.807, 2.05) is 18.2 Å². The van der Waals surface area contributed by atoms with Gasteiger partial charge in [-0.1, -0.05) is 29.8 Å². The summed E-state index contributed by atoms with van der Waals surface area (Å²) in [6, 6.07) is 13.2. The molecule has 0 spiro atoms. The summed E-state index contributed by atoms with van der Waals surface area (Å²) in [7, 11) is 0. The topological polar surface area (TPSA) is 41.1 Å². The molecule has 2 aromatic carbocycles. The first-order valence-corrected chi connectivity index (χ1v) is 6.07. The molecule has 2 rings (SSSR count). The van der Waals surface area contributed by atoms with Gasteiger partial charge in [0.2, 0.25) is 5.91 Å². The van der Waals surface area contributed by atoms with Crippen LogP contribution in [0.15, 0.2) is 48.5 Å². The monoisotopic (exact) mass is 278 g/mol. The second-order valence-electron chi connectivity index (χ2n) is 3.89. The van der Waals surface area contributed by atoms with Gasteiger partial charge in [-0.3, -0.25) is 4.79 Å². The van der Waals surface area contributed by atoms with Crippen LogP contribution in [0.2, 0.25) is 5.02 Å². The Morgan fingerprint density at radius 1 is 1.16 bits per heavy atom. The lowest BCUT2D eigenvalue weighted by molar-refractivity contribution is -0.114. The molecule has 0 aliphatic rings. The normalized spacial score (nSPS) is 10.0. The summed E-state index contributed by atoms with van der Waals surface area (Å²) >= 11 is 5.75. The van der Waals surface area contributed by atoms with Crippen molar-refractivity contribution in [3.8, 4) is 0 Å². The highest BCUT2D eigenvalue weighted by molar-refractivity contribution is 6.30. The number of anilines is 2. The largest absolute Gasteiger partial charge is 0.374 e. The molecule has 0 aliphatic heterocycles. The highest BCUT2D eigenvalue weighted by atomic mass is 35.5. The van der Waals surface area contributed by atoms with Crippen LogP contribution in [0.25, 0.3) is 0 Å². The Bertz CT molecular complexity index is 575. The first-order chi connectivity index (χ1) is 9.15. The van der Waals surface area contributed by atoms with Crippen LogP contribution in [0.5, 0.6) is 0 Å². The van der Waals surface area contributed by atoms with E-state index in [0.717, 1.165) is 0 Å². The van der Waals surface area contributed by atoms with Gasteiger partial charge < -0.3 is 10.6 Å². The minimum atomic E-state index is -0.447. The highest BCUT2D eigenvalue weighted by Gasteiger charge is 2.05. The van der Waals surface area contributed by atoms with E-state index >= 15 is 0 Å². The fraction of sp³-hybridized carbons (Fsp3) is 0.0714. The Morgan fingerprint density at radius 3 is 2.63 bits per heavy atom. The number of para-hydroxylation sites is 1. The molecule has 5 heteroatoms. The lowest BCUT2D eigenvalue weighted by Crippen LogP contribution is -2.22. The number of rotatable bonds is 4. The van der Waals surface area contributed by atoms with Gasteiger partial charge in [0.15, 0.2) is 0 Å². The van der Waals surface area contributed by atoms with Crippen molar-refractivity contribution in [1.82, 2.24) is 0 Å². The van der Waals surface area contributed by atoms with Gasteiger partial charge in [-0.25, -0.2) is 4.39 Å². The van der Waals surface area contributed by atoms with Gasteiger partial charge in [-0.05, 0) is 30.3 Å². The van der Waals surface area contributed by atoms with E-state index in [2.05, 4.69) is 10.6 Å².